The van der Waals surface area contributed by atoms with Crippen molar-refractivity contribution in [2.45, 2.75) is 38.9 Å². The first-order valence-electron chi connectivity index (χ1n) is 5.81. The summed E-state index contributed by atoms with van der Waals surface area (Å²) >= 11 is 5.62. The van der Waals surface area contributed by atoms with Gasteiger partial charge in [0.05, 0.1) is 11.2 Å². The van der Waals surface area contributed by atoms with Gasteiger partial charge in [0.2, 0.25) is 5.28 Å². The van der Waals surface area contributed by atoms with Gasteiger partial charge in [-0.05, 0) is 39.3 Å². The van der Waals surface area contributed by atoms with Gasteiger partial charge in [-0.2, -0.15) is 0 Å². The third-order valence-corrected chi connectivity index (χ3v) is 3.55. The Labute approximate surface area is 113 Å². The third kappa shape index (κ3) is 2.74. The molecular formula is C12H16BClN2O2. The van der Waals surface area contributed by atoms with Crippen molar-refractivity contribution in [3.63, 3.8) is 0 Å². The van der Waals surface area contributed by atoms with Gasteiger partial charge in [0.25, 0.3) is 0 Å². The van der Waals surface area contributed by atoms with Crippen molar-refractivity contribution < 1.29 is 9.31 Å². The molecule has 0 bridgehead atoms. The quantitative estimate of drug-likeness (QED) is 0.610. The molecule has 0 radical (unpaired) electrons. The summed E-state index contributed by atoms with van der Waals surface area (Å²) in [6.07, 6.45) is 5.16. The molecule has 0 N–H and O–H groups in total. The third-order valence-electron chi connectivity index (χ3n) is 3.36. The lowest BCUT2D eigenvalue weighted by atomic mass is 9.89. The Balaban J connectivity index is 2.06. The Morgan fingerprint density at radius 2 is 1.61 bits per heavy atom. The molecule has 1 saturated heterocycles. The van der Waals surface area contributed by atoms with Crippen molar-refractivity contribution >= 4 is 24.8 Å². The maximum Gasteiger partial charge on any atom is 0.487 e. The van der Waals surface area contributed by atoms with Crippen molar-refractivity contribution in [3.05, 3.63) is 29.2 Å². The summed E-state index contributed by atoms with van der Waals surface area (Å²) in [6.45, 7) is 8.08. The maximum absolute atomic E-state index is 5.83. The van der Waals surface area contributed by atoms with Crippen LogP contribution in [0.3, 0.4) is 0 Å². The number of halogens is 1. The predicted octanol–water partition coefficient (Wildman–Crippen LogP) is 2.77. The number of hydrogen-bond acceptors (Lipinski definition) is 4. The van der Waals surface area contributed by atoms with E-state index in [1.165, 1.54) is 0 Å². The zero-order valence-corrected chi connectivity index (χ0v) is 11.7. The maximum atomic E-state index is 5.83. The van der Waals surface area contributed by atoms with Crippen LogP contribution in [0, 0.1) is 0 Å². The molecule has 0 saturated carbocycles. The summed E-state index contributed by atoms with van der Waals surface area (Å²) in [6, 6.07) is 0. The van der Waals surface area contributed by atoms with Crippen molar-refractivity contribution in [1.82, 2.24) is 9.97 Å². The highest BCUT2D eigenvalue weighted by atomic mass is 35.5. The first kappa shape index (κ1) is 13.5. The molecule has 1 aliphatic heterocycles. The van der Waals surface area contributed by atoms with E-state index in [-0.39, 0.29) is 23.6 Å². The first-order chi connectivity index (χ1) is 8.30. The fourth-order valence-electron chi connectivity index (χ4n) is 1.57. The summed E-state index contributed by atoms with van der Waals surface area (Å²) in [5, 5.41) is 0.239. The second-order valence-electron chi connectivity index (χ2n) is 5.27. The van der Waals surface area contributed by atoms with Crippen LogP contribution in [0.4, 0.5) is 0 Å². The van der Waals surface area contributed by atoms with Crippen molar-refractivity contribution in [2.24, 2.45) is 0 Å². The van der Waals surface area contributed by atoms with Crippen LogP contribution in [0.15, 0.2) is 18.4 Å². The monoisotopic (exact) mass is 266 g/mol. The van der Waals surface area contributed by atoms with E-state index in [4.69, 9.17) is 20.9 Å². The first-order valence-corrected chi connectivity index (χ1v) is 6.19. The lowest BCUT2D eigenvalue weighted by Gasteiger charge is -2.32. The van der Waals surface area contributed by atoms with Crippen molar-refractivity contribution in [3.8, 4) is 0 Å². The van der Waals surface area contributed by atoms with Crippen LogP contribution < -0.4 is 0 Å². The Hall–Kier alpha value is -0.905. The van der Waals surface area contributed by atoms with Gasteiger partial charge >= 0.3 is 7.12 Å². The molecule has 1 fully saturated rings. The lowest BCUT2D eigenvalue weighted by Crippen LogP contribution is -2.41. The normalized spacial score (nSPS) is 21.7. The fourth-order valence-corrected chi connectivity index (χ4v) is 1.66. The summed E-state index contributed by atoms with van der Waals surface area (Å²) in [5.41, 5.74) is 0.214. The minimum atomic E-state index is -0.356. The zero-order valence-electron chi connectivity index (χ0n) is 11.0. The van der Waals surface area contributed by atoms with Gasteiger partial charge in [0, 0.05) is 18.0 Å². The lowest BCUT2D eigenvalue weighted by molar-refractivity contribution is 0.00578. The van der Waals surface area contributed by atoms with Crippen LogP contribution in [0.25, 0.3) is 6.08 Å². The van der Waals surface area contributed by atoms with Crippen molar-refractivity contribution in [1.29, 1.82) is 0 Å². The van der Waals surface area contributed by atoms with E-state index in [0.29, 0.717) is 0 Å². The van der Waals surface area contributed by atoms with E-state index in [9.17, 15) is 0 Å². The average Bonchev–Trinajstić information content (AvgIpc) is 2.47. The Morgan fingerprint density at radius 1 is 1.11 bits per heavy atom. The highest BCUT2D eigenvalue weighted by molar-refractivity contribution is 6.52. The van der Waals surface area contributed by atoms with Crippen LogP contribution >= 0.6 is 11.6 Å². The molecule has 1 aromatic rings. The second-order valence-corrected chi connectivity index (χ2v) is 5.61. The molecule has 0 amide bonds. The van der Waals surface area contributed by atoms with Crippen LogP contribution in [-0.4, -0.2) is 28.3 Å². The molecule has 0 atom stereocenters. The highest BCUT2D eigenvalue weighted by Gasteiger charge is 2.49. The summed E-state index contributed by atoms with van der Waals surface area (Å²) < 4.78 is 11.7. The van der Waals surface area contributed by atoms with E-state index in [2.05, 4.69) is 9.97 Å². The van der Waals surface area contributed by atoms with E-state index in [1.54, 1.807) is 12.4 Å². The van der Waals surface area contributed by atoms with E-state index >= 15 is 0 Å². The molecule has 4 nitrogen and oxygen atoms in total. The van der Waals surface area contributed by atoms with Gasteiger partial charge in [-0.25, -0.2) is 9.97 Å². The molecule has 1 aromatic heterocycles. The molecule has 1 aliphatic rings. The Bertz CT molecular complexity index is 444. The molecule has 0 aliphatic carbocycles. The van der Waals surface area contributed by atoms with Crippen LogP contribution in [0.2, 0.25) is 5.28 Å². The van der Waals surface area contributed by atoms with Gasteiger partial charge in [-0.15, -0.1) is 0 Å². The second kappa shape index (κ2) is 4.65. The fraction of sp³-hybridized carbons (Fsp3) is 0.500. The van der Waals surface area contributed by atoms with Crippen LogP contribution in [0.5, 0.6) is 0 Å². The minimum absolute atomic E-state index is 0.239. The topological polar surface area (TPSA) is 44.2 Å². The predicted molar refractivity (Wildman–Crippen MR) is 72.2 cm³/mol. The molecule has 0 aromatic carbocycles. The van der Waals surface area contributed by atoms with Gasteiger partial charge in [-0.1, -0.05) is 12.1 Å². The molecule has 2 heterocycles. The van der Waals surface area contributed by atoms with Gasteiger partial charge < -0.3 is 9.31 Å². The zero-order chi connectivity index (χ0) is 13.4. The SMILES string of the molecule is CC1(C)OB(/C=C/c2cnc(Cl)nc2)OC1(C)C. The number of rotatable bonds is 2. The van der Waals surface area contributed by atoms with E-state index < -0.39 is 0 Å². The molecule has 0 unspecified atom stereocenters. The van der Waals surface area contributed by atoms with Crippen molar-refractivity contribution in [2.75, 3.05) is 0 Å². The number of nitrogens with zero attached hydrogens (tertiary/aromatic N) is 2. The molecule has 0 spiro atoms. The highest BCUT2D eigenvalue weighted by Crippen LogP contribution is 2.36. The van der Waals surface area contributed by atoms with Gasteiger partial charge in [-0.3, -0.25) is 0 Å². The Morgan fingerprint density at radius 3 is 2.11 bits per heavy atom. The molecule has 96 valence electrons. The van der Waals surface area contributed by atoms with Gasteiger partial charge in [0.15, 0.2) is 0 Å². The molecule has 6 heteroatoms. The molecule has 2 rings (SSSR count). The summed E-state index contributed by atoms with van der Waals surface area (Å²) in [4.78, 5) is 7.81. The number of hydrogen-bond donors (Lipinski definition) is 0. The number of aromatic nitrogens is 2. The standard InChI is InChI=1S/C12H16BClN2O2/c1-11(2)12(3,4)18-13(17-11)6-5-9-7-15-10(14)16-8-9/h5-8H,1-4H3/b6-5+. The van der Waals surface area contributed by atoms with Crippen LogP contribution in [-0.2, 0) is 9.31 Å². The average molecular weight is 267 g/mol. The minimum Gasteiger partial charge on any atom is -0.400 e. The van der Waals surface area contributed by atoms with Gasteiger partial charge in [0.1, 0.15) is 0 Å². The molecular weight excluding hydrogens is 250 g/mol. The summed E-state index contributed by atoms with van der Waals surface area (Å²) in [5.74, 6) is 1.85. The van der Waals surface area contributed by atoms with E-state index in [1.807, 2.05) is 39.7 Å². The Kier molecular flexibility index (Phi) is 3.49. The smallest absolute Gasteiger partial charge is 0.400 e. The van der Waals surface area contributed by atoms with E-state index in [0.717, 1.165) is 5.56 Å². The largest absolute Gasteiger partial charge is 0.487 e. The summed E-state index contributed by atoms with van der Waals surface area (Å²) in [7, 11) is -0.356. The molecule has 18 heavy (non-hydrogen) atoms. The van der Waals surface area contributed by atoms with Crippen LogP contribution in [0.1, 0.15) is 33.3 Å².